The number of methoxy groups -OCH3 is 1. The quantitative estimate of drug-likeness (QED) is 0.346. The van der Waals surface area contributed by atoms with Crippen LogP contribution in [0.3, 0.4) is 0 Å². The summed E-state index contributed by atoms with van der Waals surface area (Å²) in [6.07, 6.45) is 2.10. The molecule has 0 bridgehead atoms. The van der Waals surface area contributed by atoms with Crippen molar-refractivity contribution in [3.63, 3.8) is 0 Å². The summed E-state index contributed by atoms with van der Waals surface area (Å²) in [5.41, 5.74) is 0.584. The first kappa shape index (κ1) is 22.3. The highest BCUT2D eigenvalue weighted by atomic mass is 32.2. The number of fused-ring (bicyclic) bond motifs is 1. The molecule has 0 atom stereocenters. The number of para-hydroxylation sites is 1. The Labute approximate surface area is 179 Å². The third-order valence-corrected chi connectivity index (χ3v) is 7.08. The average Bonchev–Trinajstić information content (AvgIpc) is 3.23. The lowest BCUT2D eigenvalue weighted by atomic mass is 10.2. The molecule has 0 amide bonds. The molecule has 2 heterocycles. The molecule has 30 heavy (non-hydrogen) atoms. The van der Waals surface area contributed by atoms with E-state index < -0.39 is 16.0 Å². The summed E-state index contributed by atoms with van der Waals surface area (Å²) in [4.78, 5) is 20.3. The Bertz CT molecular complexity index is 1110. The Balaban J connectivity index is 1.93. The van der Waals surface area contributed by atoms with Gasteiger partial charge in [-0.1, -0.05) is 18.2 Å². The van der Waals surface area contributed by atoms with Gasteiger partial charge in [0, 0.05) is 36.7 Å². The van der Waals surface area contributed by atoms with Crippen LogP contribution in [-0.4, -0.2) is 55.5 Å². The van der Waals surface area contributed by atoms with E-state index in [1.54, 1.807) is 29.8 Å². The molecule has 0 radical (unpaired) electrons. The van der Waals surface area contributed by atoms with E-state index in [0.29, 0.717) is 30.2 Å². The largest absolute Gasteiger partial charge is 0.464 e. The molecule has 0 aliphatic heterocycles. The van der Waals surface area contributed by atoms with Gasteiger partial charge in [-0.05, 0) is 25.5 Å². The summed E-state index contributed by atoms with van der Waals surface area (Å²) in [5.74, 6) is -0.554. The second kappa shape index (κ2) is 10.1. The van der Waals surface area contributed by atoms with Crippen molar-refractivity contribution >= 4 is 38.2 Å². The zero-order valence-corrected chi connectivity index (χ0v) is 18.4. The minimum absolute atomic E-state index is 0.0410. The highest BCUT2D eigenvalue weighted by molar-refractivity contribution is 7.89. The summed E-state index contributed by atoms with van der Waals surface area (Å²) < 4.78 is 38.5. The van der Waals surface area contributed by atoms with Crippen molar-refractivity contribution in [1.29, 1.82) is 0 Å². The first-order chi connectivity index (χ1) is 14.5. The molecular formula is C20H23N3O5S2. The minimum Gasteiger partial charge on any atom is -0.464 e. The van der Waals surface area contributed by atoms with Gasteiger partial charge < -0.3 is 9.47 Å². The van der Waals surface area contributed by atoms with Gasteiger partial charge in [-0.15, -0.1) is 11.3 Å². The maximum absolute atomic E-state index is 13.5. The van der Waals surface area contributed by atoms with Crippen LogP contribution >= 0.6 is 11.3 Å². The van der Waals surface area contributed by atoms with Gasteiger partial charge in [0.2, 0.25) is 10.0 Å². The van der Waals surface area contributed by atoms with Crippen molar-refractivity contribution in [2.45, 2.75) is 24.8 Å². The summed E-state index contributed by atoms with van der Waals surface area (Å²) >= 11 is 1.22. The van der Waals surface area contributed by atoms with E-state index in [2.05, 4.69) is 14.7 Å². The number of thiazole rings is 1. The second-order valence-electron chi connectivity index (χ2n) is 6.34. The van der Waals surface area contributed by atoms with Crippen molar-refractivity contribution in [1.82, 2.24) is 14.3 Å². The topological polar surface area (TPSA) is 98.7 Å². The minimum atomic E-state index is -3.86. The molecule has 8 nitrogen and oxygen atoms in total. The maximum atomic E-state index is 13.5. The van der Waals surface area contributed by atoms with E-state index in [-0.39, 0.29) is 23.7 Å². The second-order valence-corrected chi connectivity index (χ2v) is 9.19. The highest BCUT2D eigenvalue weighted by Gasteiger charge is 2.28. The van der Waals surface area contributed by atoms with Crippen LogP contribution in [-0.2, 0) is 26.0 Å². The molecule has 2 aromatic heterocycles. The predicted molar refractivity (Wildman–Crippen MR) is 114 cm³/mol. The van der Waals surface area contributed by atoms with Gasteiger partial charge in [0.05, 0.1) is 19.2 Å². The number of hydrogen-bond donors (Lipinski definition) is 0. The highest BCUT2D eigenvalue weighted by Crippen LogP contribution is 2.26. The molecule has 160 valence electrons. The van der Waals surface area contributed by atoms with Crippen LogP contribution in [0.25, 0.3) is 10.9 Å². The number of nitrogens with zero attached hydrogens (tertiary/aromatic N) is 3. The molecule has 3 aromatic rings. The number of carbonyl (C=O) groups excluding carboxylic acids is 1. The van der Waals surface area contributed by atoms with Gasteiger partial charge in [0.1, 0.15) is 9.90 Å². The van der Waals surface area contributed by atoms with Crippen molar-refractivity contribution in [3.8, 4) is 0 Å². The van der Waals surface area contributed by atoms with Crippen LogP contribution in [0.5, 0.6) is 0 Å². The lowest BCUT2D eigenvalue weighted by Gasteiger charge is -2.22. The number of hydrogen-bond acceptors (Lipinski definition) is 8. The smallest absolute Gasteiger partial charge is 0.357 e. The molecular weight excluding hydrogens is 426 g/mol. The van der Waals surface area contributed by atoms with Crippen LogP contribution in [0.1, 0.15) is 28.8 Å². The summed E-state index contributed by atoms with van der Waals surface area (Å²) in [6, 6.07) is 8.67. The Morgan fingerprint density at radius 1 is 1.23 bits per heavy atom. The lowest BCUT2D eigenvalue weighted by molar-refractivity contribution is 0.0594. The van der Waals surface area contributed by atoms with Gasteiger partial charge in [0.25, 0.3) is 0 Å². The molecule has 0 fully saturated rings. The van der Waals surface area contributed by atoms with Crippen LogP contribution in [0.4, 0.5) is 0 Å². The monoisotopic (exact) mass is 449 g/mol. The van der Waals surface area contributed by atoms with Gasteiger partial charge in [-0.2, -0.15) is 4.31 Å². The summed E-state index contributed by atoms with van der Waals surface area (Å²) in [7, 11) is -2.59. The SMILES string of the molecule is CCOCCCN(Cc1nc(C(=O)OC)cs1)S(=O)(=O)c1cccc2cccnc12. The predicted octanol–water partition coefficient (Wildman–Crippen LogP) is 3.10. The lowest BCUT2D eigenvalue weighted by Crippen LogP contribution is -2.32. The number of carbonyl (C=O) groups is 1. The molecule has 3 rings (SSSR count). The van der Waals surface area contributed by atoms with Crippen LogP contribution < -0.4 is 0 Å². The van der Waals surface area contributed by atoms with Crippen LogP contribution in [0, 0.1) is 0 Å². The number of ether oxygens (including phenoxy) is 2. The molecule has 0 N–H and O–H groups in total. The Morgan fingerprint density at radius 3 is 2.80 bits per heavy atom. The van der Waals surface area contributed by atoms with E-state index in [9.17, 15) is 13.2 Å². The van der Waals surface area contributed by atoms with E-state index >= 15 is 0 Å². The number of esters is 1. The third-order valence-electron chi connectivity index (χ3n) is 4.37. The fraction of sp³-hybridized carbons (Fsp3) is 0.350. The molecule has 0 aliphatic rings. The Hall–Kier alpha value is -2.40. The average molecular weight is 450 g/mol. The molecule has 0 saturated heterocycles. The van der Waals surface area contributed by atoms with E-state index in [4.69, 9.17) is 4.74 Å². The number of rotatable bonds is 10. The molecule has 0 aliphatic carbocycles. The van der Waals surface area contributed by atoms with Gasteiger partial charge in [-0.25, -0.2) is 18.2 Å². The fourth-order valence-corrected chi connectivity index (χ4v) is 5.39. The van der Waals surface area contributed by atoms with Gasteiger partial charge >= 0.3 is 5.97 Å². The molecule has 1 aromatic carbocycles. The van der Waals surface area contributed by atoms with E-state index in [1.165, 1.54) is 22.8 Å². The van der Waals surface area contributed by atoms with Crippen molar-refractivity contribution in [2.24, 2.45) is 0 Å². The zero-order valence-electron chi connectivity index (χ0n) is 16.8. The molecule has 0 spiro atoms. The molecule has 0 saturated carbocycles. The summed E-state index contributed by atoms with van der Waals surface area (Å²) in [5, 5.41) is 2.81. The number of pyridine rings is 1. The first-order valence-electron chi connectivity index (χ1n) is 9.41. The van der Waals surface area contributed by atoms with Crippen LogP contribution in [0.15, 0.2) is 46.8 Å². The van der Waals surface area contributed by atoms with E-state index in [1.807, 2.05) is 19.1 Å². The summed E-state index contributed by atoms with van der Waals surface area (Å²) in [6.45, 7) is 3.19. The number of sulfonamides is 1. The normalized spacial score (nSPS) is 11.8. The standard InChI is InChI=1S/C20H23N3O5S2/c1-3-28-12-6-11-23(13-18-22-16(14-29-18)20(24)27-2)30(25,26)17-9-4-7-15-8-5-10-21-19(15)17/h4-5,7-10,14H,3,6,11-13H2,1-2H3. The van der Waals surface area contributed by atoms with Crippen LogP contribution in [0.2, 0.25) is 0 Å². The molecule has 0 unspecified atom stereocenters. The fourth-order valence-electron chi connectivity index (χ4n) is 2.93. The number of benzene rings is 1. The van der Waals surface area contributed by atoms with Crippen molar-refractivity contribution in [2.75, 3.05) is 26.9 Å². The Morgan fingerprint density at radius 2 is 2.03 bits per heavy atom. The maximum Gasteiger partial charge on any atom is 0.357 e. The Kier molecular flexibility index (Phi) is 7.48. The first-order valence-corrected chi connectivity index (χ1v) is 11.7. The zero-order chi connectivity index (χ0) is 21.6. The molecule has 10 heteroatoms. The van der Waals surface area contributed by atoms with Crippen molar-refractivity contribution in [3.05, 3.63) is 52.6 Å². The third kappa shape index (κ3) is 5.01. The number of aromatic nitrogens is 2. The van der Waals surface area contributed by atoms with E-state index in [0.717, 1.165) is 5.39 Å². The van der Waals surface area contributed by atoms with Gasteiger partial charge in [-0.3, -0.25) is 4.98 Å². The van der Waals surface area contributed by atoms with Gasteiger partial charge in [0.15, 0.2) is 5.69 Å². The van der Waals surface area contributed by atoms with Crippen molar-refractivity contribution < 1.29 is 22.7 Å².